The third-order valence-electron chi connectivity index (χ3n) is 4.43. The third-order valence-corrected chi connectivity index (χ3v) is 4.66. The fraction of sp³-hybridized carbons (Fsp3) is 0.0476. The van der Waals surface area contributed by atoms with Crippen molar-refractivity contribution >= 4 is 28.5 Å². The molecule has 0 unspecified atom stereocenters. The molecule has 1 amide bonds. The molecule has 0 saturated heterocycles. The highest BCUT2D eigenvalue weighted by Crippen LogP contribution is 2.37. The van der Waals surface area contributed by atoms with Gasteiger partial charge < -0.3 is 10.5 Å². The second kappa shape index (κ2) is 6.78. The van der Waals surface area contributed by atoms with Gasteiger partial charge in [0.05, 0.1) is 23.8 Å². The molecule has 1 heterocycles. The first-order valence-corrected chi connectivity index (χ1v) is 8.66. The van der Waals surface area contributed by atoms with Crippen molar-refractivity contribution in [3.63, 3.8) is 0 Å². The second-order valence-corrected chi connectivity index (χ2v) is 6.49. The number of fused-ring (bicyclic) bond motifs is 1. The van der Waals surface area contributed by atoms with E-state index in [9.17, 15) is 4.79 Å². The molecule has 2 N–H and O–H groups in total. The van der Waals surface area contributed by atoms with Crippen LogP contribution in [0.5, 0.6) is 5.75 Å². The Morgan fingerprint density at radius 1 is 1.11 bits per heavy atom. The molecule has 0 fully saturated rings. The maximum Gasteiger partial charge on any atom is 0.248 e. The van der Waals surface area contributed by atoms with Crippen molar-refractivity contribution in [1.82, 2.24) is 9.55 Å². The van der Waals surface area contributed by atoms with Crippen LogP contribution in [0.4, 0.5) is 0 Å². The van der Waals surface area contributed by atoms with Gasteiger partial charge in [0.25, 0.3) is 0 Å². The van der Waals surface area contributed by atoms with Gasteiger partial charge in [-0.1, -0.05) is 35.9 Å². The molecule has 0 atom stereocenters. The zero-order valence-electron chi connectivity index (χ0n) is 14.5. The van der Waals surface area contributed by atoms with Gasteiger partial charge >= 0.3 is 0 Å². The predicted molar refractivity (Wildman–Crippen MR) is 107 cm³/mol. The molecule has 0 radical (unpaired) electrons. The predicted octanol–water partition coefficient (Wildman–Crippen LogP) is 4.45. The van der Waals surface area contributed by atoms with Gasteiger partial charge in [0.2, 0.25) is 5.91 Å². The highest BCUT2D eigenvalue weighted by atomic mass is 35.5. The van der Waals surface area contributed by atoms with Crippen molar-refractivity contribution in [1.29, 1.82) is 0 Å². The van der Waals surface area contributed by atoms with Gasteiger partial charge in [-0.25, -0.2) is 4.98 Å². The second-order valence-electron chi connectivity index (χ2n) is 6.05. The number of methoxy groups -OCH3 is 1. The molecule has 27 heavy (non-hydrogen) atoms. The lowest BCUT2D eigenvalue weighted by Crippen LogP contribution is -2.10. The lowest BCUT2D eigenvalue weighted by molar-refractivity contribution is 0.100. The van der Waals surface area contributed by atoms with Crippen molar-refractivity contribution < 1.29 is 9.53 Å². The Kier molecular flexibility index (Phi) is 4.30. The zero-order valence-corrected chi connectivity index (χ0v) is 15.3. The highest BCUT2D eigenvalue weighted by Gasteiger charge is 2.15. The number of carbonyl (C=O) groups is 1. The Labute approximate surface area is 161 Å². The van der Waals surface area contributed by atoms with E-state index in [2.05, 4.69) is 4.98 Å². The Morgan fingerprint density at radius 3 is 2.67 bits per heavy atom. The minimum absolute atomic E-state index is 0.424. The molecule has 5 nitrogen and oxygen atoms in total. The highest BCUT2D eigenvalue weighted by molar-refractivity contribution is 6.30. The fourth-order valence-corrected chi connectivity index (χ4v) is 3.36. The van der Waals surface area contributed by atoms with Gasteiger partial charge in [-0.2, -0.15) is 0 Å². The third kappa shape index (κ3) is 3.02. The lowest BCUT2D eigenvalue weighted by Gasteiger charge is -2.15. The monoisotopic (exact) mass is 377 g/mol. The maximum atomic E-state index is 11.4. The number of carbonyl (C=O) groups excluding carboxylic acids is 1. The summed E-state index contributed by atoms with van der Waals surface area (Å²) in [7, 11) is 1.64. The number of aromatic nitrogens is 2. The van der Waals surface area contributed by atoms with Crippen LogP contribution in [0.15, 0.2) is 67.0 Å². The number of ether oxygens (including phenoxy) is 1. The summed E-state index contributed by atoms with van der Waals surface area (Å²) in [4.78, 5) is 15.8. The molecule has 4 aromatic rings. The molecule has 4 rings (SSSR count). The van der Waals surface area contributed by atoms with Crippen molar-refractivity contribution in [2.45, 2.75) is 0 Å². The molecule has 0 aliphatic rings. The van der Waals surface area contributed by atoms with Crippen molar-refractivity contribution in [2.75, 3.05) is 7.11 Å². The smallest absolute Gasteiger partial charge is 0.248 e. The quantitative estimate of drug-likeness (QED) is 0.571. The summed E-state index contributed by atoms with van der Waals surface area (Å²) in [6, 6.07) is 18.7. The lowest BCUT2D eigenvalue weighted by atomic mass is 10.0. The van der Waals surface area contributed by atoms with Crippen LogP contribution in [-0.2, 0) is 0 Å². The Morgan fingerprint density at radius 2 is 1.93 bits per heavy atom. The first-order chi connectivity index (χ1) is 13.1. The number of hydrogen-bond acceptors (Lipinski definition) is 3. The Bertz CT molecular complexity index is 1170. The van der Waals surface area contributed by atoms with Crippen molar-refractivity contribution in [2.24, 2.45) is 5.73 Å². The zero-order chi connectivity index (χ0) is 19.0. The summed E-state index contributed by atoms with van der Waals surface area (Å²) in [5, 5.41) is 0.659. The number of hydrogen-bond donors (Lipinski definition) is 1. The molecule has 0 saturated carbocycles. The fourth-order valence-electron chi connectivity index (χ4n) is 3.17. The summed E-state index contributed by atoms with van der Waals surface area (Å²) in [5.74, 6) is 0.227. The summed E-state index contributed by atoms with van der Waals surface area (Å²) in [5.41, 5.74) is 10.0. The first kappa shape index (κ1) is 17.1. The van der Waals surface area contributed by atoms with E-state index < -0.39 is 5.91 Å². The number of primary amides is 1. The molecule has 134 valence electrons. The molecule has 0 aliphatic carbocycles. The molecular formula is C21H16ClN3O2. The minimum atomic E-state index is -0.480. The van der Waals surface area contributed by atoms with Crippen LogP contribution in [0, 0.1) is 0 Å². The molecule has 0 bridgehead atoms. The van der Waals surface area contributed by atoms with Crippen molar-refractivity contribution in [3.05, 3.63) is 77.6 Å². The van der Waals surface area contributed by atoms with E-state index >= 15 is 0 Å². The van der Waals surface area contributed by atoms with Gasteiger partial charge in [0.15, 0.2) is 5.75 Å². The molecule has 0 aliphatic heterocycles. The van der Waals surface area contributed by atoms with E-state index in [4.69, 9.17) is 22.1 Å². The normalized spacial score (nSPS) is 10.9. The summed E-state index contributed by atoms with van der Waals surface area (Å²) >= 11 is 6.15. The average Bonchev–Trinajstić information content (AvgIpc) is 3.10. The summed E-state index contributed by atoms with van der Waals surface area (Å²) < 4.78 is 7.66. The van der Waals surface area contributed by atoms with Gasteiger partial charge in [0.1, 0.15) is 6.33 Å². The van der Waals surface area contributed by atoms with Crippen LogP contribution < -0.4 is 10.5 Å². The summed E-state index contributed by atoms with van der Waals surface area (Å²) in [6.07, 6.45) is 1.70. The van der Waals surface area contributed by atoms with Crippen LogP contribution in [0.1, 0.15) is 10.4 Å². The molecule has 6 heteroatoms. The number of amides is 1. The first-order valence-electron chi connectivity index (χ1n) is 8.28. The molecule has 1 aromatic heterocycles. The topological polar surface area (TPSA) is 70.1 Å². The molecule has 0 spiro atoms. The number of nitrogens with two attached hydrogens (primary N) is 1. The van der Waals surface area contributed by atoms with Crippen LogP contribution in [0.2, 0.25) is 5.02 Å². The van der Waals surface area contributed by atoms with Crippen molar-refractivity contribution in [3.8, 4) is 22.6 Å². The van der Waals surface area contributed by atoms with Crippen LogP contribution in [0.25, 0.3) is 27.8 Å². The maximum absolute atomic E-state index is 11.4. The largest absolute Gasteiger partial charge is 0.494 e. The number of halogens is 1. The van der Waals surface area contributed by atoms with Gasteiger partial charge in [-0.3, -0.25) is 9.36 Å². The van der Waals surface area contributed by atoms with Gasteiger partial charge in [-0.15, -0.1) is 0 Å². The molecule has 3 aromatic carbocycles. The SMILES string of the molecule is COc1c(-c2cccc(Cl)c2)cccc1-n1cnc2cc(C(N)=O)ccc21. The number of para-hydroxylation sites is 1. The number of nitrogens with zero attached hydrogens (tertiary/aromatic N) is 2. The standard InChI is InChI=1S/C21H16ClN3O2/c1-27-20-16(13-4-2-5-15(22)10-13)6-3-7-19(20)25-12-24-17-11-14(21(23)26)8-9-18(17)25/h2-12H,1H3,(H2,23,26). The van der Waals surface area contributed by atoms with E-state index in [1.54, 1.807) is 25.6 Å². The van der Waals surface area contributed by atoms with Gasteiger partial charge in [-0.05, 0) is 42.0 Å². The van der Waals surface area contributed by atoms with Crippen LogP contribution in [-0.4, -0.2) is 22.6 Å². The minimum Gasteiger partial charge on any atom is -0.494 e. The van der Waals surface area contributed by atoms with Gasteiger partial charge in [0, 0.05) is 16.1 Å². The number of benzene rings is 3. The van der Waals surface area contributed by atoms with E-state index in [-0.39, 0.29) is 0 Å². The Balaban J connectivity index is 1.91. The van der Waals surface area contributed by atoms with E-state index in [0.717, 1.165) is 22.3 Å². The number of imidazole rings is 1. The van der Waals surface area contributed by atoms with Crippen LogP contribution in [0.3, 0.4) is 0 Å². The average molecular weight is 378 g/mol. The number of rotatable bonds is 4. The summed E-state index contributed by atoms with van der Waals surface area (Å²) in [6.45, 7) is 0. The molecular weight excluding hydrogens is 362 g/mol. The van der Waals surface area contributed by atoms with Crippen LogP contribution >= 0.6 is 11.6 Å². The van der Waals surface area contributed by atoms with E-state index in [1.165, 1.54) is 0 Å². The van der Waals surface area contributed by atoms with E-state index in [0.29, 0.717) is 21.9 Å². The van der Waals surface area contributed by atoms with E-state index in [1.807, 2.05) is 53.1 Å². The Hall–Kier alpha value is -3.31.